The molecule has 0 unspecified atom stereocenters. The van der Waals surface area contributed by atoms with E-state index in [1.54, 1.807) is 14.2 Å². The molecule has 2 aromatic carbocycles. The van der Waals surface area contributed by atoms with Crippen molar-refractivity contribution in [2.24, 2.45) is 0 Å². The number of rotatable bonds is 7. The minimum Gasteiger partial charge on any atom is -0.493 e. The van der Waals surface area contributed by atoms with Gasteiger partial charge in [-0.1, -0.05) is 18.2 Å². The van der Waals surface area contributed by atoms with Crippen molar-refractivity contribution < 1.29 is 14.3 Å². The van der Waals surface area contributed by atoms with E-state index in [0.29, 0.717) is 24.5 Å². The van der Waals surface area contributed by atoms with E-state index in [1.165, 1.54) is 0 Å². The molecule has 0 aliphatic rings. The maximum atomic E-state index is 12.6. The number of carbonyl (C=O) groups excluding carboxylic acids is 1. The Kier molecular flexibility index (Phi) is 5.75. The number of amides is 1. The molecule has 4 rings (SSSR count). The molecule has 0 bridgehead atoms. The predicted molar refractivity (Wildman–Crippen MR) is 120 cm³/mol. The third kappa shape index (κ3) is 4.03. The predicted octanol–water partition coefficient (Wildman–Crippen LogP) is 3.42. The first kappa shape index (κ1) is 20.7. The summed E-state index contributed by atoms with van der Waals surface area (Å²) in [5.41, 5.74) is 5.48. The van der Waals surface area contributed by atoms with Crippen molar-refractivity contribution in [3.63, 3.8) is 0 Å². The smallest absolute Gasteiger partial charge is 0.224 e. The molecule has 0 atom stereocenters. The van der Waals surface area contributed by atoms with E-state index in [-0.39, 0.29) is 12.3 Å². The summed E-state index contributed by atoms with van der Waals surface area (Å²) < 4.78 is 12.4. The minimum absolute atomic E-state index is 0.0375. The molecule has 2 heterocycles. The average Bonchev–Trinajstić information content (AvgIpc) is 3.15. The number of aromatic nitrogens is 3. The number of carbonyl (C=O) groups is 1. The molecule has 4 aromatic rings. The maximum Gasteiger partial charge on any atom is 0.224 e. The van der Waals surface area contributed by atoms with Crippen LogP contribution in [0.15, 0.2) is 42.5 Å². The first-order valence-corrected chi connectivity index (χ1v) is 10.2. The quantitative estimate of drug-likeness (QED) is 0.498. The van der Waals surface area contributed by atoms with Gasteiger partial charge in [0.2, 0.25) is 5.91 Å². The lowest BCUT2D eigenvalue weighted by Crippen LogP contribution is -2.28. The van der Waals surface area contributed by atoms with Gasteiger partial charge in [0.05, 0.1) is 26.2 Å². The zero-order valence-corrected chi connectivity index (χ0v) is 18.2. The van der Waals surface area contributed by atoms with Crippen molar-refractivity contribution in [3.8, 4) is 11.5 Å². The third-order valence-electron chi connectivity index (χ3n) is 5.54. The van der Waals surface area contributed by atoms with E-state index in [4.69, 9.17) is 14.5 Å². The molecule has 2 aromatic heterocycles. The highest BCUT2D eigenvalue weighted by atomic mass is 16.5. The summed E-state index contributed by atoms with van der Waals surface area (Å²) in [6.45, 7) is 4.47. The molecule has 7 heteroatoms. The van der Waals surface area contributed by atoms with Gasteiger partial charge in [-0.25, -0.2) is 9.50 Å². The van der Waals surface area contributed by atoms with Crippen LogP contribution in [-0.2, 0) is 17.6 Å². The number of methoxy groups -OCH3 is 2. The molecule has 0 saturated carbocycles. The van der Waals surface area contributed by atoms with E-state index in [1.807, 2.05) is 60.8 Å². The molecular formula is C24H26N4O3. The normalized spacial score (nSPS) is 11.1. The lowest BCUT2D eigenvalue weighted by Gasteiger charge is -2.12. The lowest BCUT2D eigenvalue weighted by molar-refractivity contribution is -0.120. The first-order valence-electron chi connectivity index (χ1n) is 10.2. The number of aryl methyl sites for hydroxylation is 2. The molecule has 0 spiro atoms. The Labute approximate surface area is 181 Å². The van der Waals surface area contributed by atoms with Crippen LogP contribution in [0.2, 0.25) is 0 Å². The molecular weight excluding hydrogens is 392 g/mol. The van der Waals surface area contributed by atoms with Crippen molar-refractivity contribution in [2.75, 3.05) is 20.8 Å². The van der Waals surface area contributed by atoms with Crippen molar-refractivity contribution in [1.82, 2.24) is 19.9 Å². The number of nitrogens with zero attached hydrogens (tertiary/aromatic N) is 3. The lowest BCUT2D eigenvalue weighted by atomic mass is 10.1. The number of fused-ring (bicyclic) bond motifs is 3. The van der Waals surface area contributed by atoms with Crippen molar-refractivity contribution in [2.45, 2.75) is 26.7 Å². The Morgan fingerprint density at radius 1 is 1.06 bits per heavy atom. The Bertz CT molecular complexity index is 1260. The SMILES string of the molecule is COc1ccc(CCNC(=O)Cc2c(C)nc3c4ccccc4nn3c2C)cc1OC. The Balaban J connectivity index is 1.45. The molecule has 1 amide bonds. The molecule has 0 radical (unpaired) electrons. The van der Waals surface area contributed by atoms with Crippen LogP contribution < -0.4 is 14.8 Å². The molecule has 7 nitrogen and oxygen atoms in total. The van der Waals surface area contributed by atoms with Crippen molar-refractivity contribution >= 4 is 22.5 Å². The van der Waals surface area contributed by atoms with E-state index in [0.717, 1.165) is 39.1 Å². The number of benzene rings is 2. The van der Waals surface area contributed by atoms with Crippen molar-refractivity contribution in [1.29, 1.82) is 0 Å². The highest BCUT2D eigenvalue weighted by Gasteiger charge is 2.16. The van der Waals surface area contributed by atoms with Gasteiger partial charge in [0, 0.05) is 28.9 Å². The van der Waals surface area contributed by atoms with Crippen LogP contribution in [0.1, 0.15) is 22.5 Å². The summed E-state index contributed by atoms with van der Waals surface area (Å²) in [6, 6.07) is 13.7. The Morgan fingerprint density at radius 2 is 1.84 bits per heavy atom. The molecule has 0 aliphatic carbocycles. The monoisotopic (exact) mass is 418 g/mol. The van der Waals surface area contributed by atoms with Crippen LogP contribution in [0.4, 0.5) is 0 Å². The van der Waals surface area contributed by atoms with E-state index >= 15 is 0 Å². The number of hydrogen-bond donors (Lipinski definition) is 1. The fourth-order valence-electron chi connectivity index (χ4n) is 3.84. The van der Waals surface area contributed by atoms with Gasteiger partial charge >= 0.3 is 0 Å². The largest absolute Gasteiger partial charge is 0.493 e. The Hall–Kier alpha value is -3.61. The van der Waals surface area contributed by atoms with Gasteiger partial charge in [-0.3, -0.25) is 4.79 Å². The van der Waals surface area contributed by atoms with Crippen LogP contribution in [0.5, 0.6) is 11.5 Å². The molecule has 1 N–H and O–H groups in total. The summed E-state index contributed by atoms with van der Waals surface area (Å²) in [5.74, 6) is 1.34. The fraction of sp³-hybridized carbons (Fsp3) is 0.292. The number of ether oxygens (including phenoxy) is 2. The summed E-state index contributed by atoms with van der Waals surface area (Å²) in [4.78, 5) is 17.4. The third-order valence-corrected chi connectivity index (χ3v) is 5.54. The summed E-state index contributed by atoms with van der Waals surface area (Å²) >= 11 is 0. The van der Waals surface area contributed by atoms with Gasteiger partial charge in [0.15, 0.2) is 17.1 Å². The molecule has 0 saturated heterocycles. The average molecular weight is 418 g/mol. The minimum atomic E-state index is -0.0375. The van der Waals surface area contributed by atoms with E-state index < -0.39 is 0 Å². The van der Waals surface area contributed by atoms with Gasteiger partial charge in [-0.2, -0.15) is 5.10 Å². The molecule has 31 heavy (non-hydrogen) atoms. The highest BCUT2D eigenvalue weighted by Crippen LogP contribution is 2.27. The van der Waals surface area contributed by atoms with Gasteiger partial charge < -0.3 is 14.8 Å². The number of hydrogen-bond acceptors (Lipinski definition) is 5. The Morgan fingerprint density at radius 3 is 2.61 bits per heavy atom. The molecule has 160 valence electrons. The second kappa shape index (κ2) is 8.63. The van der Waals surface area contributed by atoms with Gasteiger partial charge in [-0.05, 0) is 50.1 Å². The van der Waals surface area contributed by atoms with E-state index in [9.17, 15) is 4.79 Å². The van der Waals surface area contributed by atoms with Crippen LogP contribution >= 0.6 is 0 Å². The van der Waals surface area contributed by atoms with Crippen LogP contribution in [0.3, 0.4) is 0 Å². The maximum absolute atomic E-state index is 12.6. The topological polar surface area (TPSA) is 77.8 Å². The summed E-state index contributed by atoms with van der Waals surface area (Å²) in [6.07, 6.45) is 0.967. The highest BCUT2D eigenvalue weighted by molar-refractivity contribution is 5.92. The summed E-state index contributed by atoms with van der Waals surface area (Å²) in [5, 5.41) is 8.68. The second-order valence-electron chi connectivity index (χ2n) is 7.48. The standard InChI is InChI=1S/C24H26N4O3/c1-15-19(16(2)28-24(26-15)18-7-5-6-8-20(18)27-28)14-23(29)25-12-11-17-9-10-21(30-3)22(13-17)31-4/h5-10,13H,11-12,14H2,1-4H3,(H,25,29). The number of nitrogens with one attached hydrogen (secondary N) is 1. The van der Waals surface area contributed by atoms with Crippen molar-refractivity contribution in [3.05, 3.63) is 65.0 Å². The van der Waals surface area contributed by atoms with E-state index in [2.05, 4.69) is 10.4 Å². The zero-order chi connectivity index (χ0) is 22.0. The van der Waals surface area contributed by atoms with Gasteiger partial charge in [0.25, 0.3) is 0 Å². The zero-order valence-electron chi connectivity index (χ0n) is 18.2. The van der Waals surface area contributed by atoms with Crippen LogP contribution in [0, 0.1) is 13.8 Å². The molecule has 0 fully saturated rings. The van der Waals surface area contributed by atoms with Crippen LogP contribution in [-0.4, -0.2) is 41.3 Å². The first-order chi connectivity index (χ1) is 15.0. The molecule has 0 aliphatic heterocycles. The fourth-order valence-corrected chi connectivity index (χ4v) is 3.84. The second-order valence-corrected chi connectivity index (χ2v) is 7.48. The van der Waals surface area contributed by atoms with Gasteiger partial charge in [-0.15, -0.1) is 0 Å². The van der Waals surface area contributed by atoms with Gasteiger partial charge in [0.1, 0.15) is 0 Å². The summed E-state index contributed by atoms with van der Waals surface area (Å²) in [7, 11) is 3.22. The van der Waals surface area contributed by atoms with Crippen LogP contribution in [0.25, 0.3) is 16.6 Å².